The third kappa shape index (κ3) is 3.64. The van der Waals surface area contributed by atoms with Crippen molar-refractivity contribution >= 4 is 23.1 Å². The van der Waals surface area contributed by atoms with Crippen molar-refractivity contribution < 1.29 is 4.79 Å². The molecule has 0 spiro atoms. The molecule has 1 amide bonds. The quantitative estimate of drug-likeness (QED) is 0.745. The second-order valence-corrected chi connectivity index (χ2v) is 6.13. The van der Waals surface area contributed by atoms with Crippen molar-refractivity contribution in [3.8, 4) is 0 Å². The summed E-state index contributed by atoms with van der Waals surface area (Å²) in [4.78, 5) is 16.8. The fourth-order valence-electron chi connectivity index (χ4n) is 1.97. The minimum atomic E-state index is -0.295. The van der Waals surface area contributed by atoms with E-state index in [0.29, 0.717) is 4.99 Å². The molecule has 0 bridgehead atoms. The molecule has 1 atom stereocenters. The van der Waals surface area contributed by atoms with E-state index in [1.165, 1.54) is 0 Å². The van der Waals surface area contributed by atoms with Crippen molar-refractivity contribution in [1.29, 1.82) is 0 Å². The summed E-state index contributed by atoms with van der Waals surface area (Å²) in [5.41, 5.74) is 5.35. The van der Waals surface area contributed by atoms with Gasteiger partial charge in [-0.15, -0.1) is 0 Å². The van der Waals surface area contributed by atoms with E-state index in [2.05, 4.69) is 4.90 Å². The van der Waals surface area contributed by atoms with Gasteiger partial charge in [-0.3, -0.25) is 9.69 Å². The zero-order chi connectivity index (χ0) is 13.2. The molecule has 0 saturated carbocycles. The maximum Gasteiger partial charge on any atom is 0.228 e. The number of hydrogen-bond acceptors (Lipinski definition) is 3. The second kappa shape index (κ2) is 5.31. The van der Waals surface area contributed by atoms with Gasteiger partial charge in [-0.05, 0) is 6.92 Å². The molecule has 0 aromatic rings. The Labute approximate surface area is 109 Å². The first-order chi connectivity index (χ1) is 7.73. The van der Waals surface area contributed by atoms with Crippen LogP contribution in [0.25, 0.3) is 0 Å². The highest BCUT2D eigenvalue weighted by atomic mass is 32.1. The van der Waals surface area contributed by atoms with Crippen LogP contribution in [0.1, 0.15) is 27.7 Å². The van der Waals surface area contributed by atoms with E-state index >= 15 is 0 Å². The Hall–Kier alpha value is -0.680. The molecule has 2 N–H and O–H groups in total. The van der Waals surface area contributed by atoms with Gasteiger partial charge in [0.1, 0.15) is 0 Å². The van der Waals surface area contributed by atoms with Gasteiger partial charge in [0, 0.05) is 31.6 Å². The molecule has 1 unspecified atom stereocenters. The van der Waals surface area contributed by atoms with Gasteiger partial charge in [-0.25, -0.2) is 0 Å². The number of carbonyl (C=O) groups excluding carboxylic acids is 1. The molecule has 0 aromatic carbocycles. The monoisotopic (exact) mass is 257 g/mol. The number of carbonyl (C=O) groups is 1. The highest BCUT2D eigenvalue weighted by Gasteiger charge is 2.30. The van der Waals surface area contributed by atoms with Gasteiger partial charge in [0.2, 0.25) is 5.91 Å². The number of piperazine rings is 1. The number of nitrogens with two attached hydrogens (primary N) is 1. The predicted molar refractivity (Wildman–Crippen MR) is 73.9 cm³/mol. The molecule has 1 fully saturated rings. The molecule has 17 heavy (non-hydrogen) atoms. The van der Waals surface area contributed by atoms with Gasteiger partial charge < -0.3 is 10.6 Å². The lowest BCUT2D eigenvalue weighted by atomic mass is 9.94. The lowest BCUT2D eigenvalue weighted by Gasteiger charge is -2.39. The molecule has 0 aliphatic carbocycles. The second-order valence-electron chi connectivity index (χ2n) is 5.66. The van der Waals surface area contributed by atoms with Crippen LogP contribution < -0.4 is 5.73 Å². The number of nitrogens with zero attached hydrogens (tertiary/aromatic N) is 2. The van der Waals surface area contributed by atoms with Crippen LogP contribution in [-0.4, -0.2) is 52.9 Å². The first-order valence-electron chi connectivity index (χ1n) is 6.06. The largest absolute Gasteiger partial charge is 0.392 e. The average Bonchev–Trinajstić information content (AvgIpc) is 2.26. The molecule has 1 heterocycles. The first kappa shape index (κ1) is 14.4. The third-order valence-corrected chi connectivity index (χ3v) is 3.54. The first-order valence-corrected chi connectivity index (χ1v) is 6.47. The fraction of sp³-hybridized carbons (Fsp3) is 0.833. The maximum atomic E-state index is 12.1. The number of rotatable bonds is 2. The Kier molecular flexibility index (Phi) is 4.49. The van der Waals surface area contributed by atoms with Crippen LogP contribution in [-0.2, 0) is 4.79 Å². The molecule has 0 aromatic heterocycles. The Morgan fingerprint density at radius 3 is 2.06 bits per heavy atom. The van der Waals surface area contributed by atoms with Crippen LogP contribution in [0.15, 0.2) is 0 Å². The molecule has 5 heteroatoms. The van der Waals surface area contributed by atoms with Gasteiger partial charge >= 0.3 is 0 Å². The summed E-state index contributed by atoms with van der Waals surface area (Å²) in [5, 5.41) is 0. The highest BCUT2D eigenvalue weighted by Crippen LogP contribution is 2.19. The number of amides is 1. The summed E-state index contributed by atoms with van der Waals surface area (Å²) < 4.78 is 0. The van der Waals surface area contributed by atoms with Crippen molar-refractivity contribution in [3.05, 3.63) is 0 Å². The Morgan fingerprint density at radius 2 is 1.71 bits per heavy atom. The minimum Gasteiger partial charge on any atom is -0.392 e. The molecule has 1 aliphatic rings. The minimum absolute atomic E-state index is 0.122. The van der Waals surface area contributed by atoms with E-state index in [4.69, 9.17) is 18.0 Å². The smallest absolute Gasteiger partial charge is 0.228 e. The van der Waals surface area contributed by atoms with Crippen LogP contribution in [0, 0.1) is 5.41 Å². The van der Waals surface area contributed by atoms with E-state index in [-0.39, 0.29) is 17.4 Å². The lowest BCUT2D eigenvalue weighted by molar-refractivity contribution is -0.141. The van der Waals surface area contributed by atoms with Crippen LogP contribution >= 0.6 is 12.2 Å². The number of thiocarbonyl (C=S) groups is 1. The van der Waals surface area contributed by atoms with Crippen LogP contribution in [0.4, 0.5) is 0 Å². The van der Waals surface area contributed by atoms with Gasteiger partial charge in [0.25, 0.3) is 0 Å². The Bertz CT molecular complexity index is 303. The maximum absolute atomic E-state index is 12.1. The third-order valence-electron chi connectivity index (χ3n) is 3.20. The molecule has 0 radical (unpaired) electrons. The van der Waals surface area contributed by atoms with Crippen molar-refractivity contribution in [2.75, 3.05) is 26.2 Å². The molecular formula is C12H23N3OS. The Balaban J connectivity index is 2.52. The summed E-state index contributed by atoms with van der Waals surface area (Å²) in [5.74, 6) is 0.222. The van der Waals surface area contributed by atoms with Crippen molar-refractivity contribution in [2.45, 2.75) is 33.7 Å². The topological polar surface area (TPSA) is 49.6 Å². The normalized spacial score (nSPS) is 20.1. The summed E-state index contributed by atoms with van der Waals surface area (Å²) in [6, 6.07) is 0.122. The number of hydrogen-bond donors (Lipinski definition) is 1. The zero-order valence-electron chi connectivity index (χ0n) is 11.2. The van der Waals surface area contributed by atoms with Gasteiger partial charge in [0.05, 0.1) is 11.0 Å². The highest BCUT2D eigenvalue weighted by molar-refractivity contribution is 7.80. The van der Waals surface area contributed by atoms with Gasteiger partial charge in [-0.1, -0.05) is 33.0 Å². The summed E-state index contributed by atoms with van der Waals surface area (Å²) in [6.07, 6.45) is 0. The van der Waals surface area contributed by atoms with Crippen LogP contribution in [0.2, 0.25) is 0 Å². The predicted octanol–water partition coefficient (Wildman–Crippen LogP) is 0.851. The molecule has 4 nitrogen and oxygen atoms in total. The van der Waals surface area contributed by atoms with Crippen LogP contribution in [0.3, 0.4) is 0 Å². The molecule has 98 valence electrons. The SMILES string of the molecule is CC(C(N)=S)N1CCN(C(=O)C(C)(C)C)CC1. The lowest BCUT2D eigenvalue weighted by Crippen LogP contribution is -2.55. The zero-order valence-corrected chi connectivity index (χ0v) is 12.0. The standard InChI is InChI=1S/C12H23N3OS/c1-9(10(13)17)14-5-7-15(8-6-14)11(16)12(2,3)4/h9H,5-8H2,1-4H3,(H2,13,17). The fourth-order valence-corrected chi connectivity index (χ4v) is 2.12. The van der Waals surface area contributed by atoms with Crippen molar-refractivity contribution in [3.63, 3.8) is 0 Å². The summed E-state index contributed by atoms with van der Waals surface area (Å²) in [7, 11) is 0. The average molecular weight is 257 g/mol. The van der Waals surface area contributed by atoms with E-state index in [0.717, 1.165) is 26.2 Å². The molecule has 1 saturated heterocycles. The van der Waals surface area contributed by atoms with Gasteiger partial charge in [0.15, 0.2) is 0 Å². The van der Waals surface area contributed by atoms with Crippen LogP contribution in [0.5, 0.6) is 0 Å². The van der Waals surface area contributed by atoms with E-state index < -0.39 is 0 Å². The summed E-state index contributed by atoms with van der Waals surface area (Å²) in [6.45, 7) is 11.1. The molecular weight excluding hydrogens is 234 g/mol. The van der Waals surface area contributed by atoms with Gasteiger partial charge in [-0.2, -0.15) is 0 Å². The molecule has 1 rings (SSSR count). The van der Waals surface area contributed by atoms with E-state index in [1.54, 1.807) is 0 Å². The van der Waals surface area contributed by atoms with E-state index in [9.17, 15) is 4.79 Å². The van der Waals surface area contributed by atoms with Crippen molar-refractivity contribution in [2.24, 2.45) is 11.1 Å². The molecule has 1 aliphatic heterocycles. The van der Waals surface area contributed by atoms with E-state index in [1.807, 2.05) is 32.6 Å². The van der Waals surface area contributed by atoms with Crippen molar-refractivity contribution in [1.82, 2.24) is 9.80 Å². The Morgan fingerprint density at radius 1 is 1.24 bits per heavy atom. The summed E-state index contributed by atoms with van der Waals surface area (Å²) >= 11 is 4.99.